The monoisotopic (exact) mass is 261 g/mol. The van der Waals surface area contributed by atoms with Gasteiger partial charge in [-0.25, -0.2) is 0 Å². The lowest BCUT2D eigenvalue weighted by molar-refractivity contribution is 1.12. The van der Waals surface area contributed by atoms with Crippen LogP contribution in [0.15, 0.2) is 21.1 Å². The fraction of sp³-hybridized carbons (Fsp3) is 0.250. The summed E-state index contributed by atoms with van der Waals surface area (Å²) in [4.78, 5) is 0. The molecule has 0 atom stereocenters. The molecule has 0 aliphatic rings. The summed E-state index contributed by atoms with van der Waals surface area (Å²) in [6.07, 6.45) is 1.01. The van der Waals surface area contributed by atoms with Gasteiger partial charge in [-0.3, -0.25) is 0 Å². The van der Waals surface area contributed by atoms with Crippen LogP contribution in [-0.4, -0.2) is 0 Å². The van der Waals surface area contributed by atoms with Crippen LogP contribution in [0.5, 0.6) is 0 Å². The Hall–Kier alpha value is 0.180. The van der Waals surface area contributed by atoms with Crippen LogP contribution in [0.1, 0.15) is 12.5 Å². The topological polar surface area (TPSA) is 0 Å². The lowest BCUT2D eigenvalue weighted by Crippen LogP contribution is -1.81. The molecule has 0 nitrogen and oxygen atoms in total. The van der Waals surface area contributed by atoms with E-state index in [2.05, 4.69) is 44.8 Å². The molecule has 0 saturated carbocycles. The highest BCUT2D eigenvalue weighted by Gasteiger charge is 1.96. The van der Waals surface area contributed by atoms with Gasteiger partial charge in [0.2, 0.25) is 0 Å². The molecular formula is C8H7Br2. The maximum atomic E-state index is 3.44. The number of rotatable bonds is 1. The molecule has 0 aliphatic heterocycles. The molecule has 0 unspecified atom stereocenters. The van der Waals surface area contributed by atoms with E-state index in [0.29, 0.717) is 0 Å². The first-order valence-electron chi connectivity index (χ1n) is 3.10. The molecule has 1 rings (SSSR count). The van der Waals surface area contributed by atoms with E-state index >= 15 is 0 Å². The van der Waals surface area contributed by atoms with Crippen molar-refractivity contribution in [1.29, 1.82) is 0 Å². The largest absolute Gasteiger partial charge is 0.0612 e. The first kappa shape index (κ1) is 8.28. The number of halogens is 2. The Morgan fingerprint density at radius 3 is 2.60 bits per heavy atom. The summed E-state index contributed by atoms with van der Waals surface area (Å²) in [5.74, 6) is 0. The third-order valence-corrected chi connectivity index (χ3v) is 2.49. The molecule has 0 fully saturated rings. The van der Waals surface area contributed by atoms with E-state index in [-0.39, 0.29) is 0 Å². The molecule has 0 saturated heterocycles. The van der Waals surface area contributed by atoms with E-state index in [1.165, 1.54) is 5.56 Å². The maximum Gasteiger partial charge on any atom is 0.0257 e. The zero-order chi connectivity index (χ0) is 7.56. The average Bonchev–Trinajstić information content (AvgIpc) is 1.94. The molecule has 0 bridgehead atoms. The second kappa shape index (κ2) is 3.54. The van der Waals surface area contributed by atoms with Gasteiger partial charge >= 0.3 is 0 Å². The highest BCUT2D eigenvalue weighted by Crippen LogP contribution is 2.20. The van der Waals surface area contributed by atoms with Crippen molar-refractivity contribution in [2.24, 2.45) is 0 Å². The van der Waals surface area contributed by atoms with Crippen LogP contribution in [0.25, 0.3) is 0 Å². The van der Waals surface area contributed by atoms with Crippen molar-refractivity contribution in [2.75, 3.05) is 0 Å². The average molecular weight is 263 g/mol. The third-order valence-electron chi connectivity index (χ3n) is 1.29. The molecule has 0 aliphatic carbocycles. The summed E-state index contributed by atoms with van der Waals surface area (Å²) >= 11 is 6.80. The number of hydrogen-bond acceptors (Lipinski definition) is 0. The molecule has 0 aromatic heterocycles. The number of benzene rings is 1. The Kier molecular flexibility index (Phi) is 2.93. The Morgan fingerprint density at radius 2 is 2.10 bits per heavy atom. The van der Waals surface area contributed by atoms with E-state index in [0.717, 1.165) is 15.4 Å². The minimum absolute atomic E-state index is 1.01. The van der Waals surface area contributed by atoms with Gasteiger partial charge in [0.1, 0.15) is 0 Å². The Labute approximate surface area is 77.9 Å². The van der Waals surface area contributed by atoms with Gasteiger partial charge in [-0.05, 0) is 24.1 Å². The summed E-state index contributed by atoms with van der Waals surface area (Å²) in [5.41, 5.74) is 1.22. The van der Waals surface area contributed by atoms with Crippen molar-refractivity contribution >= 4 is 31.9 Å². The minimum atomic E-state index is 1.01. The molecule has 0 N–H and O–H groups in total. The molecule has 1 aromatic carbocycles. The lowest BCUT2D eigenvalue weighted by Gasteiger charge is -1.98. The van der Waals surface area contributed by atoms with Gasteiger partial charge in [0.25, 0.3) is 0 Å². The summed E-state index contributed by atoms with van der Waals surface area (Å²) in [7, 11) is 0. The van der Waals surface area contributed by atoms with Gasteiger partial charge in [0.15, 0.2) is 0 Å². The van der Waals surface area contributed by atoms with E-state index in [9.17, 15) is 0 Å². The zero-order valence-electron chi connectivity index (χ0n) is 5.62. The zero-order valence-corrected chi connectivity index (χ0v) is 8.79. The second-order valence-corrected chi connectivity index (χ2v) is 3.69. The van der Waals surface area contributed by atoms with Gasteiger partial charge in [-0.15, -0.1) is 0 Å². The van der Waals surface area contributed by atoms with Crippen molar-refractivity contribution < 1.29 is 0 Å². The van der Waals surface area contributed by atoms with Gasteiger partial charge < -0.3 is 0 Å². The first-order valence-corrected chi connectivity index (χ1v) is 4.69. The highest BCUT2D eigenvalue weighted by atomic mass is 79.9. The van der Waals surface area contributed by atoms with Gasteiger partial charge in [0, 0.05) is 15.0 Å². The standard InChI is InChI=1S/C8H7Br2/c1-2-6-5-7(9)3-4-8(6)10/h3-4H,2H2,1H3. The van der Waals surface area contributed by atoms with Gasteiger partial charge in [-0.1, -0.05) is 38.8 Å². The summed E-state index contributed by atoms with van der Waals surface area (Å²) in [6.45, 7) is 2.11. The third kappa shape index (κ3) is 1.83. The molecule has 0 spiro atoms. The van der Waals surface area contributed by atoms with Gasteiger partial charge in [0.05, 0.1) is 0 Å². The molecule has 10 heavy (non-hydrogen) atoms. The predicted octanol–water partition coefficient (Wildman–Crippen LogP) is 3.57. The van der Waals surface area contributed by atoms with E-state index in [4.69, 9.17) is 0 Å². The molecule has 53 valence electrons. The maximum absolute atomic E-state index is 3.44. The van der Waals surface area contributed by atoms with Crippen LogP contribution in [0.2, 0.25) is 0 Å². The summed E-state index contributed by atoms with van der Waals surface area (Å²) < 4.78 is 2.16. The second-order valence-electron chi connectivity index (χ2n) is 1.99. The van der Waals surface area contributed by atoms with Crippen LogP contribution in [0, 0.1) is 6.07 Å². The van der Waals surface area contributed by atoms with Crippen LogP contribution in [-0.2, 0) is 6.42 Å². The van der Waals surface area contributed by atoms with Crippen LogP contribution in [0.4, 0.5) is 0 Å². The SMILES string of the molecule is CCc1[c]c(Br)ccc1Br. The molecule has 1 radical (unpaired) electrons. The molecule has 0 amide bonds. The molecule has 0 heterocycles. The van der Waals surface area contributed by atoms with E-state index in [1.54, 1.807) is 0 Å². The van der Waals surface area contributed by atoms with Crippen LogP contribution < -0.4 is 0 Å². The Bertz CT molecular complexity index is 231. The van der Waals surface area contributed by atoms with Crippen molar-refractivity contribution in [2.45, 2.75) is 13.3 Å². The predicted molar refractivity (Wildman–Crippen MR) is 50.1 cm³/mol. The van der Waals surface area contributed by atoms with Crippen LogP contribution in [0.3, 0.4) is 0 Å². The first-order chi connectivity index (χ1) is 4.74. The lowest BCUT2D eigenvalue weighted by atomic mass is 10.2. The summed E-state index contributed by atoms with van der Waals surface area (Å²) in [5, 5.41) is 0. The Balaban J connectivity index is 3.09. The van der Waals surface area contributed by atoms with Crippen molar-refractivity contribution in [1.82, 2.24) is 0 Å². The van der Waals surface area contributed by atoms with Crippen molar-refractivity contribution in [3.8, 4) is 0 Å². The Morgan fingerprint density at radius 1 is 1.40 bits per heavy atom. The van der Waals surface area contributed by atoms with Crippen molar-refractivity contribution in [3.05, 3.63) is 32.7 Å². The quantitative estimate of drug-likeness (QED) is 0.726. The van der Waals surface area contributed by atoms with E-state index < -0.39 is 0 Å². The smallest absolute Gasteiger partial charge is 0.0257 e. The van der Waals surface area contributed by atoms with Crippen LogP contribution >= 0.6 is 31.9 Å². The summed E-state index contributed by atoms with van der Waals surface area (Å²) in [6, 6.07) is 7.20. The highest BCUT2D eigenvalue weighted by molar-refractivity contribution is 9.11. The van der Waals surface area contributed by atoms with Crippen molar-refractivity contribution in [3.63, 3.8) is 0 Å². The normalized spacial score (nSPS) is 9.90. The fourth-order valence-corrected chi connectivity index (χ4v) is 1.63. The molecular weight excluding hydrogens is 256 g/mol. The van der Waals surface area contributed by atoms with E-state index in [1.807, 2.05) is 12.1 Å². The molecule has 2 heteroatoms. The molecule has 1 aromatic rings. The fourth-order valence-electron chi connectivity index (χ4n) is 0.750. The number of hydrogen-bond donors (Lipinski definition) is 0. The van der Waals surface area contributed by atoms with Gasteiger partial charge in [-0.2, -0.15) is 0 Å². The number of aryl methyl sites for hydroxylation is 1. The minimum Gasteiger partial charge on any atom is -0.0612 e.